The molecular weight excluding hydrogens is 218 g/mol. The Morgan fingerprint density at radius 2 is 2.35 bits per heavy atom. The summed E-state index contributed by atoms with van der Waals surface area (Å²) in [6.07, 6.45) is 0. The van der Waals surface area contributed by atoms with Crippen molar-refractivity contribution >= 4 is 0 Å². The molecule has 2 rings (SSSR count). The minimum atomic E-state index is -0.00670. The van der Waals surface area contributed by atoms with Gasteiger partial charge < -0.3 is 19.9 Å². The fraction of sp³-hybridized carbons (Fsp3) is 0.538. The molecule has 2 N–H and O–H groups in total. The number of fused-ring (bicyclic) bond motifs is 1. The summed E-state index contributed by atoms with van der Waals surface area (Å²) in [6.45, 7) is 2.11. The lowest BCUT2D eigenvalue weighted by Crippen LogP contribution is -2.39. The van der Waals surface area contributed by atoms with Crippen molar-refractivity contribution in [1.82, 2.24) is 5.32 Å². The molecule has 0 radical (unpaired) electrons. The number of para-hydroxylation sites is 1. The van der Waals surface area contributed by atoms with Crippen LogP contribution >= 0.6 is 0 Å². The molecule has 0 amide bonds. The Labute approximate surface area is 102 Å². The third-order valence-electron chi connectivity index (χ3n) is 3.04. The second-order valence-corrected chi connectivity index (χ2v) is 4.29. The molecule has 94 valence electrons. The molecule has 0 bridgehead atoms. The number of hydrogen-bond donors (Lipinski definition) is 2. The van der Waals surface area contributed by atoms with Gasteiger partial charge in [-0.05, 0) is 6.07 Å². The molecule has 1 aliphatic heterocycles. The van der Waals surface area contributed by atoms with E-state index >= 15 is 0 Å². The number of hydrogen-bond acceptors (Lipinski definition) is 4. The van der Waals surface area contributed by atoms with Crippen LogP contribution in [0.3, 0.4) is 0 Å². The van der Waals surface area contributed by atoms with Gasteiger partial charge in [0.1, 0.15) is 5.75 Å². The average Bonchev–Trinajstić information content (AvgIpc) is 2.78. The first-order chi connectivity index (χ1) is 8.35. The standard InChI is InChI=1S/C13H19NO3/c1-16-9-11(7-15)14-6-10-8-17-13-5-3-2-4-12(10)13/h2-5,10-11,14-15H,6-9H2,1H3. The fourth-order valence-corrected chi connectivity index (χ4v) is 2.08. The van der Waals surface area contributed by atoms with Crippen LogP contribution in [0.1, 0.15) is 11.5 Å². The summed E-state index contributed by atoms with van der Waals surface area (Å²) < 4.78 is 10.6. The maximum atomic E-state index is 9.15. The zero-order valence-electron chi connectivity index (χ0n) is 10.1. The molecule has 0 aliphatic carbocycles. The van der Waals surface area contributed by atoms with Crippen molar-refractivity contribution in [2.75, 3.05) is 33.5 Å². The van der Waals surface area contributed by atoms with Gasteiger partial charge in [-0.1, -0.05) is 18.2 Å². The Balaban J connectivity index is 1.89. The van der Waals surface area contributed by atoms with E-state index in [1.807, 2.05) is 18.2 Å². The van der Waals surface area contributed by atoms with Gasteiger partial charge in [0.25, 0.3) is 0 Å². The molecule has 0 aromatic heterocycles. The highest BCUT2D eigenvalue weighted by atomic mass is 16.5. The van der Waals surface area contributed by atoms with Gasteiger partial charge in [-0.3, -0.25) is 0 Å². The summed E-state index contributed by atoms with van der Waals surface area (Å²) in [6, 6.07) is 8.09. The summed E-state index contributed by atoms with van der Waals surface area (Å²) in [7, 11) is 1.64. The van der Waals surface area contributed by atoms with Crippen LogP contribution in [-0.4, -0.2) is 44.6 Å². The molecule has 1 heterocycles. The highest BCUT2D eigenvalue weighted by molar-refractivity contribution is 5.39. The van der Waals surface area contributed by atoms with Crippen molar-refractivity contribution < 1.29 is 14.6 Å². The van der Waals surface area contributed by atoms with E-state index in [2.05, 4.69) is 11.4 Å². The van der Waals surface area contributed by atoms with E-state index in [0.29, 0.717) is 19.1 Å². The number of aliphatic hydroxyl groups excluding tert-OH is 1. The van der Waals surface area contributed by atoms with Gasteiger partial charge in [0.15, 0.2) is 0 Å². The summed E-state index contributed by atoms with van der Waals surface area (Å²) >= 11 is 0. The largest absolute Gasteiger partial charge is 0.493 e. The first kappa shape index (κ1) is 12.4. The maximum Gasteiger partial charge on any atom is 0.122 e. The second-order valence-electron chi connectivity index (χ2n) is 4.29. The number of aliphatic hydroxyl groups is 1. The molecule has 0 saturated heterocycles. The highest BCUT2D eigenvalue weighted by Gasteiger charge is 2.23. The van der Waals surface area contributed by atoms with Crippen molar-refractivity contribution in [3.8, 4) is 5.75 Å². The first-order valence-electron chi connectivity index (χ1n) is 5.90. The molecule has 0 spiro atoms. The van der Waals surface area contributed by atoms with Crippen LogP contribution in [0.5, 0.6) is 5.75 Å². The van der Waals surface area contributed by atoms with E-state index in [1.54, 1.807) is 7.11 Å². The fourth-order valence-electron chi connectivity index (χ4n) is 2.08. The summed E-state index contributed by atoms with van der Waals surface area (Å²) in [4.78, 5) is 0. The van der Waals surface area contributed by atoms with Gasteiger partial charge >= 0.3 is 0 Å². The van der Waals surface area contributed by atoms with Gasteiger partial charge in [0.05, 0.1) is 25.9 Å². The van der Waals surface area contributed by atoms with Crippen LogP contribution in [0.4, 0.5) is 0 Å². The van der Waals surface area contributed by atoms with Crippen LogP contribution in [0.15, 0.2) is 24.3 Å². The van der Waals surface area contributed by atoms with E-state index in [-0.39, 0.29) is 12.6 Å². The van der Waals surface area contributed by atoms with Gasteiger partial charge in [0, 0.05) is 25.1 Å². The van der Waals surface area contributed by atoms with Gasteiger partial charge in [0.2, 0.25) is 0 Å². The normalized spacial score (nSPS) is 19.8. The van der Waals surface area contributed by atoms with Gasteiger partial charge in [-0.15, -0.1) is 0 Å². The summed E-state index contributed by atoms with van der Waals surface area (Å²) in [5.41, 5.74) is 1.24. The van der Waals surface area contributed by atoms with Crippen LogP contribution in [0.25, 0.3) is 0 Å². The predicted octanol–water partition coefficient (Wildman–Crippen LogP) is 0.759. The monoisotopic (exact) mass is 237 g/mol. The van der Waals surface area contributed by atoms with E-state index in [1.165, 1.54) is 5.56 Å². The zero-order chi connectivity index (χ0) is 12.1. The Morgan fingerprint density at radius 3 is 3.12 bits per heavy atom. The maximum absolute atomic E-state index is 9.15. The Morgan fingerprint density at radius 1 is 1.53 bits per heavy atom. The molecule has 1 aromatic rings. The summed E-state index contributed by atoms with van der Waals surface area (Å²) in [5.74, 6) is 1.34. The van der Waals surface area contributed by atoms with E-state index < -0.39 is 0 Å². The minimum absolute atomic E-state index is 0.00670. The van der Waals surface area contributed by atoms with Crippen LogP contribution < -0.4 is 10.1 Å². The molecule has 0 saturated carbocycles. The molecule has 4 heteroatoms. The van der Waals surface area contributed by atoms with E-state index in [4.69, 9.17) is 14.6 Å². The molecule has 1 aliphatic rings. The summed E-state index contributed by atoms with van der Waals surface area (Å²) in [5, 5.41) is 12.5. The van der Waals surface area contributed by atoms with Crippen molar-refractivity contribution in [3.63, 3.8) is 0 Å². The minimum Gasteiger partial charge on any atom is -0.493 e. The van der Waals surface area contributed by atoms with Gasteiger partial charge in [-0.25, -0.2) is 0 Å². The Hall–Kier alpha value is -1.10. The molecule has 1 aromatic carbocycles. The van der Waals surface area contributed by atoms with Gasteiger partial charge in [-0.2, -0.15) is 0 Å². The molecule has 2 unspecified atom stereocenters. The van der Waals surface area contributed by atoms with Crippen molar-refractivity contribution in [2.45, 2.75) is 12.0 Å². The van der Waals surface area contributed by atoms with Crippen molar-refractivity contribution in [1.29, 1.82) is 0 Å². The molecule has 17 heavy (non-hydrogen) atoms. The predicted molar refractivity (Wildman–Crippen MR) is 65.4 cm³/mol. The smallest absolute Gasteiger partial charge is 0.122 e. The zero-order valence-corrected chi connectivity index (χ0v) is 10.1. The number of ether oxygens (including phenoxy) is 2. The number of rotatable bonds is 6. The number of methoxy groups -OCH3 is 1. The third kappa shape index (κ3) is 2.97. The molecular formula is C13H19NO3. The Kier molecular flexibility index (Phi) is 4.36. The first-order valence-corrected chi connectivity index (χ1v) is 5.90. The molecule has 2 atom stereocenters. The average molecular weight is 237 g/mol. The molecule has 4 nitrogen and oxygen atoms in total. The van der Waals surface area contributed by atoms with E-state index in [9.17, 15) is 0 Å². The SMILES string of the molecule is COCC(CO)NCC1COc2ccccc21. The molecule has 0 fully saturated rings. The lowest BCUT2D eigenvalue weighted by atomic mass is 10.0. The number of benzene rings is 1. The topological polar surface area (TPSA) is 50.7 Å². The lowest BCUT2D eigenvalue weighted by molar-refractivity contribution is 0.127. The quantitative estimate of drug-likeness (QED) is 0.767. The van der Waals surface area contributed by atoms with Crippen LogP contribution in [0.2, 0.25) is 0 Å². The highest BCUT2D eigenvalue weighted by Crippen LogP contribution is 2.32. The van der Waals surface area contributed by atoms with Crippen LogP contribution in [-0.2, 0) is 4.74 Å². The van der Waals surface area contributed by atoms with Crippen molar-refractivity contribution in [2.24, 2.45) is 0 Å². The van der Waals surface area contributed by atoms with E-state index in [0.717, 1.165) is 12.3 Å². The lowest BCUT2D eigenvalue weighted by Gasteiger charge is -2.17. The second kappa shape index (κ2) is 6.00. The Bertz CT molecular complexity index is 356. The van der Waals surface area contributed by atoms with Crippen molar-refractivity contribution in [3.05, 3.63) is 29.8 Å². The number of nitrogens with one attached hydrogen (secondary N) is 1. The van der Waals surface area contributed by atoms with Crippen LogP contribution in [0, 0.1) is 0 Å². The third-order valence-corrected chi connectivity index (χ3v) is 3.04.